The highest BCUT2D eigenvalue weighted by molar-refractivity contribution is 14.1. The molecule has 0 fully saturated rings. The minimum absolute atomic E-state index is 0.121. The third kappa shape index (κ3) is 7.40. The third-order valence-electron chi connectivity index (χ3n) is 6.47. The van der Waals surface area contributed by atoms with Crippen LogP contribution < -0.4 is 19.6 Å². The zero-order chi connectivity index (χ0) is 32.6. The molecule has 0 amide bonds. The lowest BCUT2D eigenvalue weighted by Gasteiger charge is -2.26. The number of hydrogen-bond acceptors (Lipinski definition) is 6. The molecule has 6 nitrogen and oxygen atoms in total. The second kappa shape index (κ2) is 13.9. The number of fused-ring (bicyclic) bond motifs is 1. The number of carbonyl (C=O) groups excluding carboxylic acids is 1. The quantitative estimate of drug-likeness (QED) is 0.139. The highest BCUT2D eigenvalue weighted by Gasteiger charge is 2.45. The van der Waals surface area contributed by atoms with Crippen molar-refractivity contribution >= 4 is 103 Å². The van der Waals surface area contributed by atoms with Crippen LogP contribution in [0.5, 0.6) is 5.75 Å². The van der Waals surface area contributed by atoms with E-state index in [0.29, 0.717) is 26.4 Å². The van der Waals surface area contributed by atoms with Crippen molar-refractivity contribution in [3.8, 4) is 5.75 Å². The van der Waals surface area contributed by atoms with Gasteiger partial charge in [-0.1, -0.05) is 64.3 Å². The number of carbonyl (C=O) groups is 1. The molecule has 45 heavy (non-hydrogen) atoms. The number of halogens is 8. The number of aromatic nitrogens is 1. The van der Waals surface area contributed by atoms with Crippen molar-refractivity contribution in [1.82, 2.24) is 4.57 Å². The summed E-state index contributed by atoms with van der Waals surface area (Å²) in [5.41, 5.74) is -1.15. The fraction of sp³-hybridized carbons (Fsp3) is 0.167. The topological polar surface area (TPSA) is 69.9 Å². The molecule has 15 heteroatoms. The maximum absolute atomic E-state index is 14.3. The zero-order valence-corrected chi connectivity index (χ0v) is 30.1. The second-order valence-corrected chi connectivity index (χ2v) is 14.0. The van der Waals surface area contributed by atoms with Gasteiger partial charge in [-0.25, -0.2) is 9.79 Å². The van der Waals surface area contributed by atoms with Crippen molar-refractivity contribution < 1.29 is 27.4 Å². The standard InChI is InChI=1S/C30H18Cl3F3I2N2O4S/c1-2-43-28(42)23-24(16-4-6-17(31)7-5-16)40-27(41)22(45-29(40)39-26(23)30(34,35)36)12-15-10-20(37)25(21(38)11-15)44-13-14-3-8-18(32)19(33)9-14/h3-12,24H,2,13H2,1H3/b22-12-/t24-/m0/s1. The van der Waals surface area contributed by atoms with Gasteiger partial charge in [0.05, 0.1) is 39.9 Å². The van der Waals surface area contributed by atoms with Crippen molar-refractivity contribution in [2.24, 2.45) is 4.99 Å². The van der Waals surface area contributed by atoms with E-state index in [2.05, 4.69) is 50.2 Å². The highest BCUT2D eigenvalue weighted by Crippen LogP contribution is 2.38. The summed E-state index contributed by atoms with van der Waals surface area (Å²) in [6.07, 6.45) is -3.43. The molecule has 2 heterocycles. The first-order chi connectivity index (χ1) is 21.3. The molecule has 0 saturated heterocycles. The summed E-state index contributed by atoms with van der Waals surface area (Å²) >= 11 is 23.1. The average Bonchev–Trinajstić information content (AvgIpc) is 3.28. The van der Waals surface area contributed by atoms with Crippen LogP contribution in [-0.2, 0) is 16.1 Å². The number of ether oxygens (including phenoxy) is 2. The Hall–Kier alpha value is -2.11. The fourth-order valence-electron chi connectivity index (χ4n) is 4.54. The molecule has 3 aromatic carbocycles. The molecule has 1 aliphatic rings. The van der Waals surface area contributed by atoms with E-state index in [4.69, 9.17) is 44.3 Å². The molecule has 1 atom stereocenters. The predicted molar refractivity (Wildman–Crippen MR) is 185 cm³/mol. The largest absolute Gasteiger partial charge is 0.487 e. The molecular formula is C30H18Cl3F3I2N2O4S. The van der Waals surface area contributed by atoms with E-state index in [1.807, 2.05) is 0 Å². The number of esters is 1. The van der Waals surface area contributed by atoms with Gasteiger partial charge in [-0.2, -0.15) is 13.2 Å². The van der Waals surface area contributed by atoms with Gasteiger partial charge in [-0.05, 0) is 111 Å². The third-order valence-corrected chi connectivity index (χ3v) is 10.0. The van der Waals surface area contributed by atoms with Crippen LogP contribution in [0, 0.1) is 7.14 Å². The summed E-state index contributed by atoms with van der Waals surface area (Å²) in [5, 5.41) is 1.18. The molecule has 5 rings (SSSR count). The van der Waals surface area contributed by atoms with E-state index >= 15 is 0 Å². The van der Waals surface area contributed by atoms with Crippen molar-refractivity contribution in [1.29, 1.82) is 0 Å². The zero-order valence-electron chi connectivity index (χ0n) is 22.7. The van der Waals surface area contributed by atoms with E-state index in [1.54, 1.807) is 36.4 Å². The van der Waals surface area contributed by atoms with Crippen LogP contribution in [0.15, 0.2) is 75.7 Å². The van der Waals surface area contributed by atoms with Crippen LogP contribution in [0.4, 0.5) is 13.2 Å². The molecule has 0 saturated carbocycles. The first-order valence-corrected chi connectivity index (χ1v) is 17.0. The Morgan fingerprint density at radius 3 is 2.31 bits per heavy atom. The van der Waals surface area contributed by atoms with Crippen LogP contribution in [0.2, 0.25) is 15.1 Å². The van der Waals surface area contributed by atoms with Gasteiger partial charge in [0, 0.05) is 5.02 Å². The normalized spacial score (nSPS) is 15.1. The average molecular weight is 920 g/mol. The highest BCUT2D eigenvalue weighted by atomic mass is 127. The van der Waals surface area contributed by atoms with E-state index in [9.17, 15) is 22.8 Å². The van der Waals surface area contributed by atoms with E-state index in [-0.39, 0.29) is 28.1 Å². The van der Waals surface area contributed by atoms with E-state index in [1.165, 1.54) is 31.2 Å². The number of hydrogen-bond donors (Lipinski definition) is 0. The minimum Gasteiger partial charge on any atom is -0.487 e. The molecular weight excluding hydrogens is 902 g/mol. The molecule has 0 spiro atoms. The second-order valence-electron chi connectivity index (χ2n) is 9.47. The van der Waals surface area contributed by atoms with E-state index < -0.39 is 35.0 Å². The molecule has 1 aliphatic heterocycles. The molecule has 1 aromatic heterocycles. The Balaban J connectivity index is 1.60. The Morgan fingerprint density at radius 1 is 1.04 bits per heavy atom. The number of benzene rings is 3. The lowest BCUT2D eigenvalue weighted by Crippen LogP contribution is -2.41. The summed E-state index contributed by atoms with van der Waals surface area (Å²) in [4.78, 5) is 30.4. The maximum atomic E-state index is 14.3. The summed E-state index contributed by atoms with van der Waals surface area (Å²) in [5.74, 6) is -0.610. The number of alkyl halides is 3. The number of allylic oxidation sites excluding steroid dienone is 1. The summed E-state index contributed by atoms with van der Waals surface area (Å²) in [6.45, 7) is 1.54. The van der Waals surface area contributed by atoms with Gasteiger partial charge in [-0.15, -0.1) is 0 Å². The van der Waals surface area contributed by atoms with Gasteiger partial charge >= 0.3 is 12.1 Å². The molecule has 234 valence electrons. The van der Waals surface area contributed by atoms with Crippen LogP contribution in [0.3, 0.4) is 0 Å². The number of thiazole rings is 1. The Morgan fingerprint density at radius 2 is 1.71 bits per heavy atom. The fourth-order valence-corrected chi connectivity index (χ4v) is 8.11. The smallest absolute Gasteiger partial charge is 0.434 e. The van der Waals surface area contributed by atoms with Crippen LogP contribution >= 0.6 is 91.3 Å². The van der Waals surface area contributed by atoms with Gasteiger partial charge < -0.3 is 9.47 Å². The molecule has 4 aromatic rings. The molecule has 0 aliphatic carbocycles. The van der Waals surface area contributed by atoms with Crippen molar-refractivity contribution in [3.05, 3.63) is 124 Å². The summed E-state index contributed by atoms with van der Waals surface area (Å²) in [7, 11) is 0. The molecule has 0 bridgehead atoms. The lowest BCUT2D eigenvalue weighted by molar-refractivity contribution is -0.140. The lowest BCUT2D eigenvalue weighted by atomic mass is 9.95. The Bertz CT molecular complexity index is 2010. The SMILES string of the molecule is CCOC(=O)C1=C(C(F)(F)F)N=c2s/c(=C\c3cc(I)c(OCc4ccc(Cl)c(Cl)c4)c(I)c3)c(=O)n2[C@H]1c1ccc(Cl)cc1. The van der Waals surface area contributed by atoms with Gasteiger partial charge in [-0.3, -0.25) is 9.36 Å². The summed E-state index contributed by atoms with van der Waals surface area (Å²) < 4.78 is 56.7. The van der Waals surface area contributed by atoms with Crippen molar-refractivity contribution in [2.45, 2.75) is 25.7 Å². The molecule has 0 N–H and O–H groups in total. The van der Waals surface area contributed by atoms with Gasteiger partial charge in [0.2, 0.25) is 0 Å². The summed E-state index contributed by atoms with van der Waals surface area (Å²) in [6, 6.07) is 13.2. The maximum Gasteiger partial charge on any atom is 0.434 e. The van der Waals surface area contributed by atoms with Crippen LogP contribution in [0.25, 0.3) is 6.08 Å². The first kappa shape index (κ1) is 34.2. The monoisotopic (exact) mass is 918 g/mol. The molecule has 0 radical (unpaired) electrons. The Labute approximate surface area is 300 Å². The van der Waals surface area contributed by atoms with Crippen molar-refractivity contribution in [2.75, 3.05) is 6.61 Å². The van der Waals surface area contributed by atoms with Crippen molar-refractivity contribution in [3.63, 3.8) is 0 Å². The van der Waals surface area contributed by atoms with Crippen LogP contribution in [-0.4, -0.2) is 23.3 Å². The Kier molecular flexibility index (Phi) is 10.6. The van der Waals surface area contributed by atoms with E-state index in [0.717, 1.165) is 28.6 Å². The van der Waals surface area contributed by atoms with Gasteiger partial charge in [0.25, 0.3) is 5.56 Å². The minimum atomic E-state index is -5.00. The first-order valence-electron chi connectivity index (χ1n) is 12.9. The number of rotatable bonds is 7. The predicted octanol–water partition coefficient (Wildman–Crippen LogP) is 8.09. The van der Waals surface area contributed by atoms with Gasteiger partial charge in [0.1, 0.15) is 12.4 Å². The van der Waals surface area contributed by atoms with Crippen LogP contribution in [0.1, 0.15) is 29.7 Å². The molecule has 0 unspecified atom stereocenters. The number of nitrogens with zero attached hydrogens (tertiary/aromatic N) is 2. The van der Waals surface area contributed by atoms with Gasteiger partial charge in [0.15, 0.2) is 10.5 Å².